The summed E-state index contributed by atoms with van der Waals surface area (Å²) in [4.78, 5) is 0. The average molecular weight is 417 g/mol. The van der Waals surface area contributed by atoms with Crippen LogP contribution in [0.5, 0.6) is 0 Å². The van der Waals surface area contributed by atoms with Gasteiger partial charge in [0.1, 0.15) is 0 Å². The van der Waals surface area contributed by atoms with Crippen LogP contribution < -0.4 is 0 Å². The zero-order valence-electron chi connectivity index (χ0n) is 19.7. The van der Waals surface area contributed by atoms with Crippen LogP contribution in [0.1, 0.15) is 67.5 Å². The largest absolute Gasteiger partial charge is 0.0642 e. The molecule has 0 nitrogen and oxygen atoms in total. The van der Waals surface area contributed by atoms with E-state index in [1.165, 1.54) is 44.5 Å². The Morgan fingerprint density at radius 3 is 1.62 bits per heavy atom. The normalized spacial score (nSPS) is 14.5. The molecule has 0 fully saturated rings. The Bertz CT molecular complexity index is 1250. The van der Waals surface area contributed by atoms with Crippen LogP contribution in [-0.4, -0.2) is 0 Å². The smallest absolute Gasteiger partial charge is 0.0172 e. The van der Waals surface area contributed by atoms with Crippen molar-refractivity contribution in [2.45, 2.75) is 51.4 Å². The van der Waals surface area contributed by atoms with Crippen molar-refractivity contribution in [1.82, 2.24) is 0 Å². The third-order valence-corrected chi connectivity index (χ3v) is 7.85. The van der Waals surface area contributed by atoms with Gasteiger partial charge in [0.2, 0.25) is 0 Å². The molecule has 1 aliphatic rings. The molecule has 4 aromatic carbocycles. The molecule has 0 aliphatic heterocycles. The van der Waals surface area contributed by atoms with Gasteiger partial charge in [0, 0.05) is 10.8 Å². The van der Waals surface area contributed by atoms with E-state index in [1.54, 1.807) is 0 Å². The van der Waals surface area contributed by atoms with E-state index in [4.69, 9.17) is 0 Å². The predicted molar refractivity (Wildman–Crippen MR) is 136 cm³/mol. The van der Waals surface area contributed by atoms with Crippen LogP contribution in [0.2, 0.25) is 0 Å². The van der Waals surface area contributed by atoms with Crippen molar-refractivity contribution in [2.24, 2.45) is 0 Å². The summed E-state index contributed by atoms with van der Waals surface area (Å²) in [5, 5.41) is 0. The van der Waals surface area contributed by atoms with Gasteiger partial charge in [-0.15, -0.1) is 0 Å². The molecule has 0 saturated heterocycles. The van der Waals surface area contributed by atoms with Crippen LogP contribution in [0.3, 0.4) is 0 Å². The number of fused-ring (bicyclic) bond motifs is 3. The van der Waals surface area contributed by atoms with Gasteiger partial charge in [0.05, 0.1) is 0 Å². The van der Waals surface area contributed by atoms with E-state index in [0.29, 0.717) is 0 Å². The van der Waals surface area contributed by atoms with Crippen molar-refractivity contribution < 1.29 is 0 Å². The van der Waals surface area contributed by atoms with Gasteiger partial charge in [0.25, 0.3) is 0 Å². The van der Waals surface area contributed by atoms with E-state index in [1.807, 2.05) is 0 Å². The number of hydrogen-bond donors (Lipinski definition) is 0. The third kappa shape index (κ3) is 3.30. The first-order valence-electron chi connectivity index (χ1n) is 11.8. The van der Waals surface area contributed by atoms with Crippen molar-refractivity contribution in [2.75, 3.05) is 0 Å². The summed E-state index contributed by atoms with van der Waals surface area (Å²) < 4.78 is 0. The molecular weight excluding hydrogens is 384 g/mol. The fraction of sp³-hybridized carbons (Fsp3) is 0.250. The van der Waals surface area contributed by atoms with E-state index in [9.17, 15) is 0 Å². The minimum absolute atomic E-state index is 0.00961. The molecule has 0 bridgehead atoms. The van der Waals surface area contributed by atoms with Crippen molar-refractivity contribution in [3.05, 3.63) is 130 Å². The van der Waals surface area contributed by atoms with Crippen LogP contribution >= 0.6 is 0 Å². The summed E-state index contributed by atoms with van der Waals surface area (Å²) in [6, 6.07) is 36.1. The molecule has 1 atom stereocenters. The Morgan fingerprint density at radius 1 is 0.562 bits per heavy atom. The Morgan fingerprint density at radius 2 is 1.06 bits per heavy atom. The van der Waals surface area contributed by atoms with Gasteiger partial charge in [-0.1, -0.05) is 125 Å². The first-order valence-corrected chi connectivity index (χ1v) is 11.8. The second-order valence-electron chi connectivity index (χ2n) is 9.96. The average Bonchev–Trinajstić information content (AvgIpc) is 3.21. The monoisotopic (exact) mass is 416 g/mol. The summed E-state index contributed by atoms with van der Waals surface area (Å²) >= 11 is 0. The summed E-state index contributed by atoms with van der Waals surface area (Å²) in [5.74, 6) is 0. The van der Waals surface area contributed by atoms with Crippen molar-refractivity contribution in [3.8, 4) is 11.1 Å². The highest BCUT2D eigenvalue weighted by Gasteiger charge is 2.30. The van der Waals surface area contributed by atoms with E-state index in [2.05, 4.69) is 125 Å². The molecule has 0 amide bonds. The minimum Gasteiger partial charge on any atom is -0.0642 e. The van der Waals surface area contributed by atoms with Crippen LogP contribution in [-0.2, 0) is 17.3 Å². The Balaban J connectivity index is 1.51. The molecule has 0 heteroatoms. The number of hydrogen-bond acceptors (Lipinski definition) is 0. The Kier molecular flexibility index (Phi) is 5.05. The summed E-state index contributed by atoms with van der Waals surface area (Å²) in [7, 11) is 0. The maximum absolute atomic E-state index is 2.47. The number of rotatable bonds is 5. The molecule has 1 unspecified atom stereocenters. The minimum atomic E-state index is -0.00961. The maximum Gasteiger partial charge on any atom is 0.0172 e. The highest BCUT2D eigenvalue weighted by molar-refractivity contribution is 5.78. The van der Waals surface area contributed by atoms with E-state index in [-0.39, 0.29) is 10.8 Å². The zero-order valence-corrected chi connectivity index (χ0v) is 19.7. The standard InChI is InChI=1S/C32H32/c1-5-32(4,26-14-10-7-11-15-26)28-17-19-30-24(22-28)20-23-21-27(16-18-29(23)30)31(2,3)25-12-8-6-9-13-25/h6-19,21-22H,5,20H2,1-4H3. The molecule has 0 N–H and O–H groups in total. The van der Waals surface area contributed by atoms with Gasteiger partial charge in [0.15, 0.2) is 0 Å². The summed E-state index contributed by atoms with van der Waals surface area (Å²) in [6.45, 7) is 9.34. The highest BCUT2D eigenvalue weighted by atomic mass is 14.3. The molecule has 160 valence electrons. The van der Waals surface area contributed by atoms with Crippen LogP contribution in [0.15, 0.2) is 97.1 Å². The van der Waals surface area contributed by atoms with Crippen molar-refractivity contribution >= 4 is 0 Å². The topological polar surface area (TPSA) is 0 Å². The predicted octanol–water partition coefficient (Wildman–Crippen LogP) is 8.30. The molecule has 5 rings (SSSR count). The third-order valence-electron chi connectivity index (χ3n) is 7.85. The van der Waals surface area contributed by atoms with Crippen molar-refractivity contribution in [1.29, 1.82) is 0 Å². The Hall–Kier alpha value is -3.12. The fourth-order valence-electron chi connectivity index (χ4n) is 5.35. The van der Waals surface area contributed by atoms with Crippen LogP contribution in [0.25, 0.3) is 11.1 Å². The maximum atomic E-state index is 2.47. The summed E-state index contributed by atoms with van der Waals surface area (Å²) in [6.07, 6.45) is 2.10. The molecule has 0 radical (unpaired) electrons. The van der Waals surface area contributed by atoms with Crippen molar-refractivity contribution in [3.63, 3.8) is 0 Å². The lowest BCUT2D eigenvalue weighted by Crippen LogP contribution is -2.22. The van der Waals surface area contributed by atoms with Gasteiger partial charge in [-0.05, 0) is 57.3 Å². The van der Waals surface area contributed by atoms with E-state index < -0.39 is 0 Å². The second-order valence-corrected chi connectivity index (χ2v) is 9.96. The molecule has 0 spiro atoms. The molecule has 32 heavy (non-hydrogen) atoms. The Labute approximate surface area is 193 Å². The first kappa shape index (κ1) is 20.8. The lowest BCUT2D eigenvalue weighted by atomic mass is 9.73. The van der Waals surface area contributed by atoms with Gasteiger partial charge in [-0.3, -0.25) is 0 Å². The zero-order chi connectivity index (χ0) is 22.3. The summed E-state index contributed by atoms with van der Waals surface area (Å²) in [5.41, 5.74) is 11.3. The molecule has 0 saturated carbocycles. The van der Waals surface area contributed by atoms with E-state index in [0.717, 1.165) is 12.8 Å². The van der Waals surface area contributed by atoms with Gasteiger partial charge >= 0.3 is 0 Å². The van der Waals surface area contributed by atoms with Gasteiger partial charge in [-0.2, -0.15) is 0 Å². The van der Waals surface area contributed by atoms with Gasteiger partial charge < -0.3 is 0 Å². The molecule has 4 aromatic rings. The van der Waals surface area contributed by atoms with Crippen LogP contribution in [0.4, 0.5) is 0 Å². The van der Waals surface area contributed by atoms with Gasteiger partial charge in [-0.25, -0.2) is 0 Å². The molecule has 0 aromatic heterocycles. The fourth-order valence-corrected chi connectivity index (χ4v) is 5.35. The molecule has 1 aliphatic carbocycles. The second kappa shape index (κ2) is 7.78. The molecule has 0 heterocycles. The quantitative estimate of drug-likeness (QED) is 0.270. The lowest BCUT2D eigenvalue weighted by molar-refractivity contribution is 0.549. The molecular formula is C32H32. The lowest BCUT2D eigenvalue weighted by Gasteiger charge is -2.30. The SMILES string of the molecule is CCC(C)(c1ccccc1)c1ccc2c(c1)Cc1cc(C(C)(C)c3ccccc3)ccc1-2. The van der Waals surface area contributed by atoms with E-state index >= 15 is 0 Å². The number of benzene rings is 4. The highest BCUT2D eigenvalue weighted by Crippen LogP contribution is 2.43. The van der Waals surface area contributed by atoms with Crippen LogP contribution in [0, 0.1) is 0 Å². The first-order chi connectivity index (χ1) is 15.4.